The second-order valence-corrected chi connectivity index (χ2v) is 5.03. The van der Waals surface area contributed by atoms with Crippen LogP contribution >= 0.6 is 0 Å². The number of fused-ring (bicyclic) bond motifs is 1. The number of halogens is 1. The molecular formula is C17H16FNO2. The first kappa shape index (κ1) is 13.6. The standard InChI is InChI=1S/C17H16FNO2/c1-10-6-7-12(14(8-10)20-2)16(19)15-9-11-4-3-5-13(18)17(11)21-15/h3-9,16H,19H2,1-2H3. The van der Waals surface area contributed by atoms with E-state index in [1.165, 1.54) is 6.07 Å². The van der Waals surface area contributed by atoms with Crippen molar-refractivity contribution < 1.29 is 13.5 Å². The van der Waals surface area contributed by atoms with Gasteiger partial charge in [0.25, 0.3) is 0 Å². The van der Waals surface area contributed by atoms with Crippen LogP contribution < -0.4 is 10.5 Å². The Morgan fingerprint density at radius 2 is 2.00 bits per heavy atom. The molecule has 1 unspecified atom stereocenters. The Bertz CT molecular complexity index is 795. The van der Waals surface area contributed by atoms with Crippen molar-refractivity contribution in [1.82, 2.24) is 0 Å². The summed E-state index contributed by atoms with van der Waals surface area (Å²) in [6.07, 6.45) is 0. The van der Waals surface area contributed by atoms with E-state index in [9.17, 15) is 4.39 Å². The Morgan fingerprint density at radius 1 is 1.19 bits per heavy atom. The van der Waals surface area contributed by atoms with E-state index in [4.69, 9.17) is 14.9 Å². The molecule has 1 aromatic heterocycles. The van der Waals surface area contributed by atoms with Crippen molar-refractivity contribution in [2.45, 2.75) is 13.0 Å². The van der Waals surface area contributed by atoms with Gasteiger partial charge in [-0.3, -0.25) is 0 Å². The lowest BCUT2D eigenvalue weighted by Gasteiger charge is -2.14. The first-order valence-corrected chi connectivity index (χ1v) is 6.68. The van der Waals surface area contributed by atoms with Gasteiger partial charge in [0.2, 0.25) is 0 Å². The molecular weight excluding hydrogens is 269 g/mol. The molecule has 3 rings (SSSR count). The van der Waals surface area contributed by atoms with Crippen LogP contribution in [0.15, 0.2) is 46.9 Å². The van der Waals surface area contributed by atoms with Gasteiger partial charge in [-0.25, -0.2) is 4.39 Å². The Kier molecular flexibility index (Phi) is 3.39. The molecule has 0 saturated carbocycles. The van der Waals surface area contributed by atoms with Crippen LogP contribution in [0, 0.1) is 12.7 Å². The van der Waals surface area contributed by atoms with Crippen molar-refractivity contribution in [1.29, 1.82) is 0 Å². The molecule has 2 N–H and O–H groups in total. The van der Waals surface area contributed by atoms with E-state index in [2.05, 4.69) is 0 Å². The zero-order chi connectivity index (χ0) is 15.0. The number of hydrogen-bond acceptors (Lipinski definition) is 3. The fourth-order valence-corrected chi connectivity index (χ4v) is 2.43. The lowest BCUT2D eigenvalue weighted by Crippen LogP contribution is -2.12. The Balaban J connectivity index is 2.08. The number of benzene rings is 2. The van der Waals surface area contributed by atoms with Gasteiger partial charge in [0, 0.05) is 10.9 Å². The van der Waals surface area contributed by atoms with E-state index in [1.807, 2.05) is 25.1 Å². The van der Waals surface area contributed by atoms with Gasteiger partial charge < -0.3 is 14.9 Å². The summed E-state index contributed by atoms with van der Waals surface area (Å²) in [4.78, 5) is 0. The average molecular weight is 285 g/mol. The maximum absolute atomic E-state index is 13.7. The van der Waals surface area contributed by atoms with Gasteiger partial charge in [0.15, 0.2) is 11.4 Å². The summed E-state index contributed by atoms with van der Waals surface area (Å²) in [6, 6.07) is 11.9. The highest BCUT2D eigenvalue weighted by Crippen LogP contribution is 2.32. The number of para-hydroxylation sites is 1. The summed E-state index contributed by atoms with van der Waals surface area (Å²) in [5.74, 6) is 0.822. The number of rotatable bonds is 3. The number of furan rings is 1. The molecule has 1 heterocycles. The zero-order valence-electron chi connectivity index (χ0n) is 11.9. The van der Waals surface area contributed by atoms with Crippen LogP contribution in [0.3, 0.4) is 0 Å². The third-order valence-corrected chi connectivity index (χ3v) is 3.55. The molecule has 0 bridgehead atoms. The van der Waals surface area contributed by atoms with Crippen molar-refractivity contribution >= 4 is 11.0 Å². The average Bonchev–Trinajstić information content (AvgIpc) is 2.92. The third-order valence-electron chi connectivity index (χ3n) is 3.55. The van der Waals surface area contributed by atoms with Gasteiger partial charge >= 0.3 is 0 Å². The van der Waals surface area contributed by atoms with E-state index >= 15 is 0 Å². The number of nitrogens with two attached hydrogens (primary N) is 1. The molecule has 4 heteroatoms. The number of aryl methyl sites for hydroxylation is 1. The van der Waals surface area contributed by atoms with Crippen molar-refractivity contribution in [3.63, 3.8) is 0 Å². The molecule has 0 amide bonds. The predicted molar refractivity (Wildman–Crippen MR) is 79.9 cm³/mol. The summed E-state index contributed by atoms with van der Waals surface area (Å²) in [7, 11) is 1.60. The van der Waals surface area contributed by atoms with Crippen LogP contribution in [0.4, 0.5) is 4.39 Å². The van der Waals surface area contributed by atoms with Gasteiger partial charge in [-0.05, 0) is 30.7 Å². The first-order chi connectivity index (χ1) is 10.1. The molecule has 0 aliphatic carbocycles. The fraction of sp³-hybridized carbons (Fsp3) is 0.176. The lowest BCUT2D eigenvalue weighted by molar-refractivity contribution is 0.403. The van der Waals surface area contributed by atoms with E-state index in [-0.39, 0.29) is 11.4 Å². The zero-order valence-corrected chi connectivity index (χ0v) is 11.9. The monoisotopic (exact) mass is 285 g/mol. The molecule has 2 aromatic carbocycles. The minimum atomic E-state index is -0.507. The van der Waals surface area contributed by atoms with Crippen LogP contribution in [0.25, 0.3) is 11.0 Å². The van der Waals surface area contributed by atoms with Gasteiger partial charge in [0.1, 0.15) is 11.5 Å². The second-order valence-electron chi connectivity index (χ2n) is 5.03. The molecule has 3 aromatic rings. The number of hydrogen-bond donors (Lipinski definition) is 1. The molecule has 3 nitrogen and oxygen atoms in total. The summed E-state index contributed by atoms with van der Waals surface area (Å²) in [5, 5.41) is 0.700. The Labute approximate surface area is 122 Å². The van der Waals surface area contributed by atoms with Gasteiger partial charge in [-0.1, -0.05) is 24.3 Å². The molecule has 21 heavy (non-hydrogen) atoms. The van der Waals surface area contributed by atoms with Crippen LogP contribution in [0.1, 0.15) is 22.9 Å². The van der Waals surface area contributed by atoms with E-state index < -0.39 is 6.04 Å². The Hall–Kier alpha value is -2.33. The van der Waals surface area contributed by atoms with Crippen molar-refractivity contribution in [2.75, 3.05) is 7.11 Å². The third kappa shape index (κ3) is 2.38. The largest absolute Gasteiger partial charge is 0.496 e. The lowest BCUT2D eigenvalue weighted by atomic mass is 10.0. The van der Waals surface area contributed by atoms with Crippen LogP contribution in [0.5, 0.6) is 5.75 Å². The molecule has 108 valence electrons. The minimum absolute atomic E-state index is 0.231. The number of methoxy groups -OCH3 is 1. The van der Waals surface area contributed by atoms with Gasteiger partial charge in [-0.2, -0.15) is 0 Å². The fourth-order valence-electron chi connectivity index (χ4n) is 2.43. The quantitative estimate of drug-likeness (QED) is 0.793. The number of ether oxygens (including phenoxy) is 1. The molecule has 1 atom stereocenters. The van der Waals surface area contributed by atoms with Gasteiger partial charge in [0.05, 0.1) is 13.2 Å². The topological polar surface area (TPSA) is 48.4 Å². The van der Waals surface area contributed by atoms with Crippen molar-refractivity contribution in [3.05, 3.63) is 65.2 Å². The maximum Gasteiger partial charge on any atom is 0.169 e. The smallest absolute Gasteiger partial charge is 0.169 e. The van der Waals surface area contributed by atoms with Gasteiger partial charge in [-0.15, -0.1) is 0 Å². The molecule has 0 fully saturated rings. The summed E-state index contributed by atoms with van der Waals surface area (Å²) in [6.45, 7) is 1.98. The van der Waals surface area contributed by atoms with Crippen molar-refractivity contribution in [2.24, 2.45) is 5.73 Å². The molecule has 0 saturated heterocycles. The van der Waals surface area contributed by atoms with Crippen LogP contribution in [-0.4, -0.2) is 7.11 Å². The SMILES string of the molecule is COc1cc(C)ccc1C(N)c1cc2cccc(F)c2o1. The first-order valence-electron chi connectivity index (χ1n) is 6.68. The van der Waals surface area contributed by atoms with Crippen LogP contribution in [0.2, 0.25) is 0 Å². The van der Waals surface area contributed by atoms with E-state index in [1.54, 1.807) is 25.3 Å². The molecule has 0 radical (unpaired) electrons. The minimum Gasteiger partial charge on any atom is -0.496 e. The summed E-state index contributed by atoms with van der Waals surface area (Å²) >= 11 is 0. The molecule has 0 aliphatic heterocycles. The Morgan fingerprint density at radius 3 is 2.71 bits per heavy atom. The summed E-state index contributed by atoms with van der Waals surface area (Å²) < 4.78 is 24.7. The normalized spacial score (nSPS) is 12.6. The highest BCUT2D eigenvalue weighted by molar-refractivity contribution is 5.78. The van der Waals surface area contributed by atoms with Crippen molar-refractivity contribution in [3.8, 4) is 5.75 Å². The molecule has 0 aliphatic rings. The highest BCUT2D eigenvalue weighted by Gasteiger charge is 2.19. The second kappa shape index (κ2) is 5.22. The van der Waals surface area contributed by atoms with E-state index in [0.717, 1.165) is 11.1 Å². The molecule has 0 spiro atoms. The predicted octanol–water partition coefficient (Wildman–Crippen LogP) is 3.94. The maximum atomic E-state index is 13.7. The summed E-state index contributed by atoms with van der Waals surface area (Å²) in [5.41, 5.74) is 8.38. The van der Waals surface area contributed by atoms with Crippen LogP contribution in [-0.2, 0) is 0 Å². The van der Waals surface area contributed by atoms with E-state index in [0.29, 0.717) is 16.9 Å². The highest BCUT2D eigenvalue weighted by atomic mass is 19.1.